The number of aliphatic hydroxyl groups is 1. The molecule has 1 aliphatic carbocycles. The standard InChI is InChI=1S/C14H19FN2O4/c1-16(10-5-3-4-6-13(10)18)11-8-14(21-2)12(17(19)20)7-9(11)15/h7-8,10,13,18H,3-6H2,1-2H3. The normalized spacial score (nSPS) is 21.9. The molecule has 1 aliphatic rings. The molecule has 2 unspecified atom stereocenters. The van der Waals surface area contributed by atoms with E-state index in [0.717, 1.165) is 25.3 Å². The molecule has 1 saturated carbocycles. The number of aliphatic hydroxyl groups excluding tert-OH is 1. The van der Waals surface area contributed by atoms with Crippen molar-refractivity contribution in [1.29, 1.82) is 0 Å². The molecule has 1 aromatic rings. The van der Waals surface area contributed by atoms with Gasteiger partial charge in [0.2, 0.25) is 0 Å². The van der Waals surface area contributed by atoms with E-state index in [1.54, 1.807) is 11.9 Å². The Kier molecular flexibility index (Phi) is 4.62. The minimum atomic E-state index is -0.692. The molecule has 2 rings (SSSR count). The molecule has 0 amide bonds. The van der Waals surface area contributed by atoms with Gasteiger partial charge < -0.3 is 14.7 Å². The average molecular weight is 298 g/mol. The summed E-state index contributed by atoms with van der Waals surface area (Å²) < 4.78 is 19.1. The van der Waals surface area contributed by atoms with Crippen LogP contribution in [-0.2, 0) is 0 Å². The fraction of sp³-hybridized carbons (Fsp3) is 0.571. The third-order valence-electron chi connectivity index (χ3n) is 4.02. The zero-order valence-corrected chi connectivity index (χ0v) is 12.1. The Balaban J connectivity index is 2.36. The Morgan fingerprint density at radius 1 is 1.43 bits per heavy atom. The summed E-state index contributed by atoms with van der Waals surface area (Å²) in [7, 11) is 2.99. The van der Waals surface area contributed by atoms with Gasteiger partial charge in [-0.05, 0) is 12.8 Å². The summed E-state index contributed by atoms with van der Waals surface area (Å²) in [5.41, 5.74) is -0.209. The number of anilines is 1. The van der Waals surface area contributed by atoms with Gasteiger partial charge in [-0.3, -0.25) is 10.1 Å². The summed E-state index contributed by atoms with van der Waals surface area (Å²) >= 11 is 0. The average Bonchev–Trinajstić information content (AvgIpc) is 2.46. The van der Waals surface area contributed by atoms with Crippen molar-refractivity contribution >= 4 is 11.4 Å². The molecule has 0 aliphatic heterocycles. The highest BCUT2D eigenvalue weighted by Crippen LogP contribution is 2.36. The number of nitro groups is 1. The second kappa shape index (κ2) is 6.26. The fourth-order valence-corrected chi connectivity index (χ4v) is 2.83. The van der Waals surface area contributed by atoms with Crippen molar-refractivity contribution in [3.05, 3.63) is 28.1 Å². The van der Waals surface area contributed by atoms with Crippen LogP contribution in [-0.4, -0.2) is 36.3 Å². The van der Waals surface area contributed by atoms with Crippen LogP contribution in [0.2, 0.25) is 0 Å². The first kappa shape index (κ1) is 15.5. The first-order valence-corrected chi connectivity index (χ1v) is 6.88. The van der Waals surface area contributed by atoms with Crippen LogP contribution < -0.4 is 9.64 Å². The largest absolute Gasteiger partial charge is 0.490 e. The van der Waals surface area contributed by atoms with E-state index in [1.165, 1.54) is 13.2 Å². The maximum absolute atomic E-state index is 14.2. The van der Waals surface area contributed by atoms with Crippen LogP contribution in [0, 0.1) is 15.9 Å². The lowest BCUT2D eigenvalue weighted by Crippen LogP contribution is -2.43. The van der Waals surface area contributed by atoms with Crippen molar-refractivity contribution < 1.29 is 19.2 Å². The number of methoxy groups -OCH3 is 1. The van der Waals surface area contributed by atoms with Crippen molar-refractivity contribution in [2.75, 3.05) is 19.1 Å². The van der Waals surface area contributed by atoms with E-state index in [4.69, 9.17) is 4.74 Å². The van der Waals surface area contributed by atoms with E-state index in [2.05, 4.69) is 0 Å². The molecule has 21 heavy (non-hydrogen) atoms. The highest BCUT2D eigenvalue weighted by Gasteiger charge is 2.30. The Morgan fingerprint density at radius 3 is 2.67 bits per heavy atom. The third-order valence-corrected chi connectivity index (χ3v) is 4.02. The molecule has 1 fully saturated rings. The van der Waals surface area contributed by atoms with Gasteiger partial charge in [0.15, 0.2) is 11.6 Å². The van der Waals surface area contributed by atoms with Gasteiger partial charge in [0.1, 0.15) is 0 Å². The number of halogens is 1. The number of nitro benzene ring substituents is 1. The maximum atomic E-state index is 14.2. The number of ether oxygens (including phenoxy) is 1. The zero-order chi connectivity index (χ0) is 15.6. The van der Waals surface area contributed by atoms with Crippen LogP contribution in [0.3, 0.4) is 0 Å². The first-order valence-electron chi connectivity index (χ1n) is 6.88. The van der Waals surface area contributed by atoms with Crippen LogP contribution in [0.4, 0.5) is 15.8 Å². The van der Waals surface area contributed by atoms with E-state index in [1.807, 2.05) is 0 Å². The Morgan fingerprint density at radius 2 is 2.10 bits per heavy atom. The predicted octanol–water partition coefficient (Wildman–Crippen LogP) is 2.48. The Bertz CT molecular complexity index is 538. The van der Waals surface area contributed by atoms with Gasteiger partial charge in [-0.15, -0.1) is 0 Å². The molecule has 0 heterocycles. The second-order valence-electron chi connectivity index (χ2n) is 5.26. The number of benzene rings is 1. The number of rotatable bonds is 4. The van der Waals surface area contributed by atoms with Crippen LogP contribution >= 0.6 is 0 Å². The van der Waals surface area contributed by atoms with Crippen molar-refractivity contribution in [3.8, 4) is 5.75 Å². The molecular weight excluding hydrogens is 279 g/mol. The monoisotopic (exact) mass is 298 g/mol. The van der Waals surface area contributed by atoms with Crippen LogP contribution in [0.5, 0.6) is 5.75 Å². The maximum Gasteiger partial charge on any atom is 0.313 e. The summed E-state index contributed by atoms with van der Waals surface area (Å²) in [6, 6.07) is 1.98. The molecule has 0 saturated heterocycles. The second-order valence-corrected chi connectivity index (χ2v) is 5.26. The van der Waals surface area contributed by atoms with Crippen molar-refractivity contribution in [2.24, 2.45) is 0 Å². The predicted molar refractivity (Wildman–Crippen MR) is 76.3 cm³/mol. The molecule has 6 nitrogen and oxygen atoms in total. The summed E-state index contributed by atoms with van der Waals surface area (Å²) in [6.45, 7) is 0. The number of likely N-dealkylation sites (N-methyl/N-ethyl adjacent to an activating group) is 1. The fourth-order valence-electron chi connectivity index (χ4n) is 2.83. The molecule has 2 atom stereocenters. The summed E-state index contributed by atoms with van der Waals surface area (Å²) in [5.74, 6) is -0.684. The van der Waals surface area contributed by atoms with Crippen molar-refractivity contribution in [3.63, 3.8) is 0 Å². The summed E-state index contributed by atoms with van der Waals surface area (Å²) in [5, 5.41) is 20.9. The topological polar surface area (TPSA) is 75.8 Å². The zero-order valence-electron chi connectivity index (χ0n) is 12.1. The minimum absolute atomic E-state index is 0.00792. The third kappa shape index (κ3) is 3.07. The van der Waals surface area contributed by atoms with E-state index in [-0.39, 0.29) is 17.5 Å². The van der Waals surface area contributed by atoms with Gasteiger partial charge >= 0.3 is 5.69 Å². The molecule has 0 spiro atoms. The van der Waals surface area contributed by atoms with Gasteiger partial charge in [0, 0.05) is 13.1 Å². The van der Waals surface area contributed by atoms with Crippen molar-refractivity contribution in [1.82, 2.24) is 0 Å². The van der Waals surface area contributed by atoms with Crippen LogP contribution in [0.25, 0.3) is 0 Å². The van der Waals surface area contributed by atoms with Gasteiger partial charge in [0.05, 0.1) is 35.9 Å². The van der Waals surface area contributed by atoms with E-state index in [9.17, 15) is 19.6 Å². The molecule has 0 radical (unpaired) electrons. The van der Waals surface area contributed by atoms with Gasteiger partial charge in [-0.1, -0.05) is 12.8 Å². The lowest BCUT2D eigenvalue weighted by Gasteiger charge is -2.36. The van der Waals surface area contributed by atoms with Crippen LogP contribution in [0.1, 0.15) is 25.7 Å². The van der Waals surface area contributed by atoms with Gasteiger partial charge in [-0.25, -0.2) is 4.39 Å². The smallest absolute Gasteiger partial charge is 0.313 e. The van der Waals surface area contributed by atoms with E-state index < -0.39 is 22.5 Å². The molecule has 0 aromatic heterocycles. The van der Waals surface area contributed by atoms with Gasteiger partial charge in [0.25, 0.3) is 0 Å². The number of nitrogens with zero attached hydrogens (tertiary/aromatic N) is 2. The molecule has 1 N–H and O–H groups in total. The van der Waals surface area contributed by atoms with E-state index in [0.29, 0.717) is 6.42 Å². The quantitative estimate of drug-likeness (QED) is 0.682. The molecule has 0 bridgehead atoms. The van der Waals surface area contributed by atoms with E-state index >= 15 is 0 Å². The highest BCUT2D eigenvalue weighted by atomic mass is 19.1. The summed E-state index contributed by atoms with van der Waals surface area (Å²) in [6.07, 6.45) is 2.84. The molecule has 1 aromatic carbocycles. The van der Waals surface area contributed by atoms with Crippen LogP contribution in [0.15, 0.2) is 12.1 Å². The Hall–Kier alpha value is -1.89. The minimum Gasteiger partial charge on any atom is -0.490 e. The summed E-state index contributed by atoms with van der Waals surface area (Å²) in [4.78, 5) is 11.8. The number of hydrogen-bond acceptors (Lipinski definition) is 5. The Labute approximate surface area is 122 Å². The van der Waals surface area contributed by atoms with Crippen molar-refractivity contribution in [2.45, 2.75) is 37.8 Å². The highest BCUT2D eigenvalue weighted by molar-refractivity contribution is 5.60. The SMILES string of the molecule is COc1cc(N(C)C2CCCCC2O)c(F)cc1[N+](=O)[O-]. The number of hydrogen-bond donors (Lipinski definition) is 1. The van der Waals surface area contributed by atoms with Gasteiger partial charge in [-0.2, -0.15) is 0 Å². The lowest BCUT2D eigenvalue weighted by molar-refractivity contribution is -0.385. The molecular formula is C14H19FN2O4. The lowest BCUT2D eigenvalue weighted by atomic mass is 9.91. The molecule has 116 valence electrons. The first-order chi connectivity index (χ1) is 9.95. The molecule has 7 heteroatoms.